The van der Waals surface area contributed by atoms with Crippen molar-refractivity contribution in [3.05, 3.63) is 34.9 Å². The Balaban J connectivity index is 1.64. The lowest BCUT2D eigenvalue weighted by molar-refractivity contribution is 0.0564. The third kappa shape index (κ3) is 3.30. The number of pyridine rings is 1. The SMILES string of the molecule is CC1(C)CCc2c1nc1c(c2NC(=O)N=[S-](=O)c2cnn(C(F)F)c2)CCC1. The van der Waals surface area contributed by atoms with E-state index in [-0.39, 0.29) is 10.3 Å². The molecule has 2 amide bonds. The van der Waals surface area contributed by atoms with Crippen LogP contribution in [0.3, 0.4) is 0 Å². The molecule has 2 aromatic rings. The molecule has 7 nitrogen and oxygen atoms in total. The topological polar surface area (TPSA) is 89.2 Å². The van der Waals surface area contributed by atoms with Gasteiger partial charge in [0, 0.05) is 23.5 Å². The summed E-state index contributed by atoms with van der Waals surface area (Å²) in [6.07, 6.45) is 6.36. The summed E-state index contributed by atoms with van der Waals surface area (Å²) >= 11 is 0. The molecule has 2 heterocycles. The predicted molar refractivity (Wildman–Crippen MR) is 98.9 cm³/mol. The van der Waals surface area contributed by atoms with Gasteiger partial charge in [0.1, 0.15) is 0 Å². The number of aromatic nitrogens is 3. The molecule has 2 aromatic heterocycles. The third-order valence-corrected chi connectivity index (χ3v) is 6.29. The van der Waals surface area contributed by atoms with E-state index in [1.54, 1.807) is 0 Å². The Bertz CT molecular complexity index is 1040. The Hall–Kier alpha value is -2.36. The van der Waals surface area contributed by atoms with Crippen LogP contribution < -0.4 is 5.32 Å². The second kappa shape index (κ2) is 6.91. The zero-order valence-corrected chi connectivity index (χ0v) is 16.4. The standard InChI is InChI=1S/C18H20F2N5O2S/c1-18(2)7-6-12-14(11-4-3-5-13(11)22-15(12)18)23-17(26)24-28(27)10-8-21-25(9-10)16(19)20/h8-9,16H,3-7H2,1-2H3,(H,22,23,26)/q-1. The molecule has 2 aliphatic carbocycles. The Morgan fingerprint density at radius 1 is 1.32 bits per heavy atom. The molecule has 0 fully saturated rings. The number of carbonyl (C=O) groups is 1. The molecule has 4 rings (SSSR count). The van der Waals surface area contributed by atoms with Gasteiger partial charge in [0.05, 0.1) is 11.4 Å². The smallest absolute Gasteiger partial charge is 0.333 e. The number of fused-ring (bicyclic) bond motifs is 2. The number of hydrogen-bond acceptors (Lipinski definition) is 5. The number of nitrogens with zero attached hydrogens (tertiary/aromatic N) is 4. The molecule has 0 saturated heterocycles. The summed E-state index contributed by atoms with van der Waals surface area (Å²) in [5, 5.41) is 6.21. The van der Waals surface area contributed by atoms with Crippen molar-refractivity contribution in [1.29, 1.82) is 0 Å². The largest absolute Gasteiger partial charge is 0.439 e. The Morgan fingerprint density at radius 3 is 2.82 bits per heavy atom. The summed E-state index contributed by atoms with van der Waals surface area (Å²) in [6, 6.07) is -0.768. The molecule has 0 spiro atoms. The number of hydrogen-bond donors (Lipinski definition) is 1. The maximum atomic E-state index is 12.6. The van der Waals surface area contributed by atoms with Crippen LogP contribution in [-0.4, -0.2) is 20.8 Å². The highest BCUT2D eigenvalue weighted by atomic mass is 32.2. The summed E-state index contributed by atoms with van der Waals surface area (Å²) < 4.78 is 41.4. The van der Waals surface area contributed by atoms with Crippen LogP contribution >= 0.6 is 0 Å². The summed E-state index contributed by atoms with van der Waals surface area (Å²) in [7, 11) is -2.11. The van der Waals surface area contributed by atoms with Gasteiger partial charge in [0.25, 0.3) is 0 Å². The third-order valence-electron chi connectivity index (χ3n) is 5.34. The highest BCUT2D eigenvalue weighted by Crippen LogP contribution is 2.44. The van der Waals surface area contributed by atoms with E-state index in [2.05, 4.69) is 28.6 Å². The van der Waals surface area contributed by atoms with E-state index in [0.717, 1.165) is 72.7 Å². The van der Waals surface area contributed by atoms with Crippen LogP contribution in [0.15, 0.2) is 21.7 Å². The summed E-state index contributed by atoms with van der Waals surface area (Å²) in [5.74, 6) is 0. The number of halogens is 2. The second-order valence-electron chi connectivity index (χ2n) is 7.68. The number of aryl methyl sites for hydroxylation is 1. The first-order valence-electron chi connectivity index (χ1n) is 9.08. The number of anilines is 1. The maximum Gasteiger partial charge on any atom is 0.333 e. The van der Waals surface area contributed by atoms with Gasteiger partial charge < -0.3 is 13.9 Å². The number of urea groups is 1. The van der Waals surface area contributed by atoms with Crippen LogP contribution in [0.25, 0.3) is 0 Å². The van der Waals surface area contributed by atoms with Gasteiger partial charge in [-0.15, -0.1) is 10.6 Å². The van der Waals surface area contributed by atoms with Crippen molar-refractivity contribution >= 4 is 22.3 Å². The molecular formula is C18H20F2N5O2S-. The van der Waals surface area contributed by atoms with Crippen LogP contribution in [0.5, 0.6) is 0 Å². The van der Waals surface area contributed by atoms with E-state index >= 15 is 0 Å². The molecule has 10 heteroatoms. The quantitative estimate of drug-likeness (QED) is 0.774. The molecule has 150 valence electrons. The zero-order chi connectivity index (χ0) is 20.1. The zero-order valence-electron chi connectivity index (χ0n) is 15.5. The number of carbonyl (C=O) groups excluding carboxylic acids is 1. The van der Waals surface area contributed by atoms with Crippen LogP contribution in [0.4, 0.5) is 19.3 Å². The highest BCUT2D eigenvalue weighted by molar-refractivity contribution is 7.75. The molecule has 0 unspecified atom stereocenters. The molecule has 0 bridgehead atoms. The highest BCUT2D eigenvalue weighted by Gasteiger charge is 2.36. The van der Waals surface area contributed by atoms with Gasteiger partial charge in [0.2, 0.25) is 0 Å². The van der Waals surface area contributed by atoms with E-state index in [0.29, 0.717) is 4.68 Å². The van der Waals surface area contributed by atoms with Gasteiger partial charge in [-0.25, -0.2) is 9.48 Å². The second-order valence-corrected chi connectivity index (χ2v) is 8.83. The summed E-state index contributed by atoms with van der Waals surface area (Å²) in [6.45, 7) is 1.43. The van der Waals surface area contributed by atoms with Crippen LogP contribution in [0, 0.1) is 0 Å². The van der Waals surface area contributed by atoms with Gasteiger partial charge in [-0.3, -0.25) is 4.98 Å². The van der Waals surface area contributed by atoms with Crippen molar-refractivity contribution in [2.45, 2.75) is 62.8 Å². The summed E-state index contributed by atoms with van der Waals surface area (Å²) in [5.41, 5.74) is 4.72. The lowest BCUT2D eigenvalue weighted by Crippen LogP contribution is -2.17. The fraction of sp³-hybridized carbons (Fsp3) is 0.500. The first-order chi connectivity index (χ1) is 13.3. The fourth-order valence-corrected chi connectivity index (χ4v) is 4.55. The number of nitrogens with one attached hydrogen (secondary N) is 1. The van der Waals surface area contributed by atoms with Crippen molar-refractivity contribution in [3.63, 3.8) is 0 Å². The molecule has 28 heavy (non-hydrogen) atoms. The van der Waals surface area contributed by atoms with Crippen LogP contribution in [0.2, 0.25) is 0 Å². The monoisotopic (exact) mass is 408 g/mol. The lowest BCUT2D eigenvalue weighted by Gasteiger charge is -2.20. The Kier molecular flexibility index (Phi) is 4.68. The minimum atomic E-state index is -2.84. The molecule has 0 radical (unpaired) electrons. The van der Waals surface area contributed by atoms with Crippen LogP contribution in [0.1, 0.15) is 55.8 Å². The number of amides is 2. The first kappa shape index (κ1) is 19.0. The number of alkyl halides is 2. The van der Waals surface area contributed by atoms with Gasteiger partial charge in [0.15, 0.2) is 0 Å². The van der Waals surface area contributed by atoms with Crippen molar-refractivity contribution < 1.29 is 17.8 Å². The minimum absolute atomic E-state index is 0.0539. The lowest BCUT2D eigenvalue weighted by atomic mass is 9.90. The molecular weight excluding hydrogens is 388 g/mol. The van der Waals surface area contributed by atoms with Gasteiger partial charge in [-0.2, -0.15) is 13.9 Å². The summed E-state index contributed by atoms with van der Waals surface area (Å²) in [4.78, 5) is 17.2. The number of rotatable bonds is 3. The predicted octanol–water partition coefficient (Wildman–Crippen LogP) is 4.12. The molecule has 1 N–H and O–H groups in total. The van der Waals surface area contributed by atoms with Crippen molar-refractivity contribution in [1.82, 2.24) is 14.8 Å². The Labute approximate surface area is 162 Å². The van der Waals surface area contributed by atoms with E-state index < -0.39 is 23.2 Å². The molecule has 0 aromatic carbocycles. The van der Waals surface area contributed by atoms with E-state index in [9.17, 15) is 17.8 Å². The molecule has 0 atom stereocenters. The van der Waals surface area contributed by atoms with Crippen molar-refractivity contribution in [2.24, 2.45) is 4.36 Å². The van der Waals surface area contributed by atoms with Crippen molar-refractivity contribution in [3.8, 4) is 0 Å². The maximum absolute atomic E-state index is 12.6. The van der Waals surface area contributed by atoms with Crippen molar-refractivity contribution in [2.75, 3.05) is 5.32 Å². The minimum Gasteiger partial charge on any atom is -0.439 e. The van der Waals surface area contributed by atoms with Gasteiger partial charge in [-0.05, 0) is 43.2 Å². The average Bonchev–Trinajstić information content (AvgIpc) is 3.34. The average molecular weight is 408 g/mol. The normalized spacial score (nSPS) is 18.3. The molecule has 0 saturated carbocycles. The Morgan fingerprint density at radius 2 is 2.11 bits per heavy atom. The van der Waals surface area contributed by atoms with E-state index in [4.69, 9.17) is 4.98 Å². The van der Waals surface area contributed by atoms with Gasteiger partial charge in [-0.1, -0.05) is 18.7 Å². The van der Waals surface area contributed by atoms with E-state index in [1.165, 1.54) is 0 Å². The first-order valence-corrected chi connectivity index (χ1v) is 10.2. The van der Waals surface area contributed by atoms with Gasteiger partial charge >= 0.3 is 12.6 Å². The molecule has 2 aliphatic rings. The van der Waals surface area contributed by atoms with E-state index in [1.807, 2.05) is 0 Å². The fourth-order valence-electron chi connectivity index (χ4n) is 3.91. The molecule has 0 aliphatic heterocycles. The van der Waals surface area contributed by atoms with Crippen LogP contribution in [-0.2, 0) is 39.5 Å².